The number of nitrogens with zero attached hydrogens (tertiary/aromatic N) is 2. The van der Waals surface area contributed by atoms with E-state index in [1.807, 2.05) is 79.0 Å². The number of rotatable bonds is 5. The van der Waals surface area contributed by atoms with Crippen LogP contribution in [0.2, 0.25) is 19.6 Å². The Bertz CT molecular complexity index is 2330. The Kier molecular flexibility index (Phi) is 8.73. The van der Waals surface area contributed by atoms with Gasteiger partial charge in [0.25, 0.3) is 0 Å². The van der Waals surface area contributed by atoms with Crippen molar-refractivity contribution >= 4 is 35.2 Å². The van der Waals surface area contributed by atoms with Gasteiger partial charge < -0.3 is 14.4 Å². The third-order valence-electron chi connectivity index (χ3n) is 7.82. The van der Waals surface area contributed by atoms with Gasteiger partial charge in [-0.3, -0.25) is 0 Å². The van der Waals surface area contributed by atoms with Gasteiger partial charge in [-0.15, -0.1) is 54.1 Å². The van der Waals surface area contributed by atoms with E-state index in [9.17, 15) is 0 Å². The molecule has 0 bridgehead atoms. The van der Waals surface area contributed by atoms with Gasteiger partial charge in [-0.25, -0.2) is 0 Å². The van der Waals surface area contributed by atoms with Crippen molar-refractivity contribution in [1.82, 2.24) is 9.97 Å². The van der Waals surface area contributed by atoms with Crippen molar-refractivity contribution in [3.63, 3.8) is 0 Å². The second-order valence-electron chi connectivity index (χ2n) is 13.7. The Morgan fingerprint density at radius 3 is 2.21 bits per heavy atom. The molecule has 1 radical (unpaired) electrons. The number of hydrogen-bond acceptors (Lipinski definition) is 3. The van der Waals surface area contributed by atoms with E-state index >= 15 is 0 Å². The summed E-state index contributed by atoms with van der Waals surface area (Å²) in [5.74, 6) is 0. The van der Waals surface area contributed by atoms with E-state index in [2.05, 4.69) is 59.9 Å². The number of aryl methyl sites for hydroxylation is 1. The van der Waals surface area contributed by atoms with Crippen LogP contribution in [0.1, 0.15) is 38.8 Å². The molecule has 0 fully saturated rings. The van der Waals surface area contributed by atoms with Gasteiger partial charge in [-0.1, -0.05) is 118 Å². The molecule has 3 heterocycles. The molecule has 0 amide bonds. The van der Waals surface area contributed by atoms with Crippen LogP contribution in [0.3, 0.4) is 0 Å². The maximum atomic E-state index is 8.81. The molecule has 4 aromatic carbocycles. The molecule has 0 aliphatic rings. The van der Waals surface area contributed by atoms with E-state index in [0.29, 0.717) is 16.8 Å². The van der Waals surface area contributed by atoms with Crippen molar-refractivity contribution in [2.24, 2.45) is 5.41 Å². The molecule has 245 valence electrons. The Balaban J connectivity index is 0.000000267. The molecule has 7 rings (SSSR count). The third kappa shape index (κ3) is 8.10. The van der Waals surface area contributed by atoms with E-state index in [1.165, 1.54) is 11.4 Å². The molecule has 0 aliphatic heterocycles. The zero-order valence-electron chi connectivity index (χ0n) is 33.1. The monoisotopic (exact) mass is 828 g/mol. The summed E-state index contributed by atoms with van der Waals surface area (Å²) in [5.41, 5.74) is 5.64. The predicted molar refractivity (Wildman–Crippen MR) is 201 cm³/mol. The molecule has 5 heteroatoms. The fourth-order valence-corrected chi connectivity index (χ4v) is 6.43. The van der Waals surface area contributed by atoms with Gasteiger partial charge in [0.15, 0.2) is 0 Å². The molecule has 7 aromatic rings. The zero-order chi connectivity index (χ0) is 37.5. The first-order chi connectivity index (χ1) is 24.4. The predicted octanol–water partition coefficient (Wildman–Crippen LogP) is 11.1. The molecule has 0 aliphatic carbocycles. The van der Waals surface area contributed by atoms with Gasteiger partial charge >= 0.3 is 0 Å². The minimum Gasteiger partial charge on any atom is -0.501 e. The summed E-state index contributed by atoms with van der Waals surface area (Å²) in [5, 5.41) is 3.23. The maximum absolute atomic E-state index is 8.81. The van der Waals surface area contributed by atoms with Crippen LogP contribution in [-0.2, 0) is 26.5 Å². The first-order valence-electron chi connectivity index (χ1n) is 18.3. The Labute approximate surface area is 306 Å². The number of furan rings is 1. The quantitative estimate of drug-likeness (QED) is 0.128. The normalized spacial score (nSPS) is 13.7. The molecule has 3 nitrogen and oxygen atoms in total. The number of pyridine rings is 2. The fraction of sp³-hybridized carbons (Fsp3) is 0.209. The van der Waals surface area contributed by atoms with E-state index in [1.54, 1.807) is 32.9 Å². The van der Waals surface area contributed by atoms with Crippen molar-refractivity contribution in [1.29, 1.82) is 0 Å². The van der Waals surface area contributed by atoms with Crippen LogP contribution in [0.5, 0.6) is 0 Å². The van der Waals surface area contributed by atoms with E-state index in [4.69, 9.17) is 11.3 Å². The molecule has 0 saturated carbocycles. The van der Waals surface area contributed by atoms with Crippen LogP contribution < -0.4 is 5.19 Å². The van der Waals surface area contributed by atoms with Crippen LogP contribution in [0.4, 0.5) is 0 Å². The molecule has 0 spiro atoms. The van der Waals surface area contributed by atoms with E-state index < -0.39 is 26.7 Å². The Morgan fingerprint density at radius 2 is 1.54 bits per heavy atom. The SMILES string of the molecule is C[Si](C)(C)c1ccc(-c2[c-]cccc2)nc1.[2H]C([2H])([2H])c1cnc(-c2[c-]ccc3c2oc2cc(-c4ccccc4)ccc23)cc1C([2H])([2H])C(C)(C)C.[Ir]. The topological polar surface area (TPSA) is 38.9 Å². The van der Waals surface area contributed by atoms with E-state index in [0.717, 1.165) is 38.7 Å². The minimum absolute atomic E-state index is 0. The van der Waals surface area contributed by atoms with Gasteiger partial charge in [0, 0.05) is 44.7 Å². The van der Waals surface area contributed by atoms with Gasteiger partial charge in [0.1, 0.15) is 5.58 Å². The summed E-state index contributed by atoms with van der Waals surface area (Å²) in [6, 6.07) is 40.0. The van der Waals surface area contributed by atoms with Crippen LogP contribution >= 0.6 is 0 Å². The van der Waals surface area contributed by atoms with Crippen molar-refractivity contribution in [2.45, 2.75) is 53.6 Å². The van der Waals surface area contributed by atoms with Crippen LogP contribution in [0.25, 0.3) is 55.6 Å². The minimum atomic E-state index is -2.50. The standard InChI is InChI=1S/C29H26NO.C14H16NSi.Ir/c1-19-18-30-26(15-22(19)17-29(2,3)4)25-12-8-11-24-23-14-13-21(16-27(23)31-28(24)25)20-9-6-5-7-10-20;1-16(2,3)13-9-10-14(15-11-13)12-7-5-4-6-8-12;/h5-11,13-16,18H,17H2,1-4H3;4-7,9-11H,1-3H3;/q2*-1;/i1D3,17D2;;. The van der Waals surface area contributed by atoms with Crippen LogP contribution in [0, 0.1) is 24.4 Å². The summed E-state index contributed by atoms with van der Waals surface area (Å²) in [6.07, 6.45) is 1.37. The van der Waals surface area contributed by atoms with Gasteiger partial charge in [-0.2, -0.15) is 0 Å². The second kappa shape index (κ2) is 14.5. The van der Waals surface area contributed by atoms with Crippen molar-refractivity contribution in [2.75, 3.05) is 0 Å². The second-order valence-corrected chi connectivity index (χ2v) is 18.8. The average molecular weight is 828 g/mol. The summed E-state index contributed by atoms with van der Waals surface area (Å²) < 4.78 is 47.8. The summed E-state index contributed by atoms with van der Waals surface area (Å²) in [7, 11) is -1.23. The van der Waals surface area contributed by atoms with Gasteiger partial charge in [0.2, 0.25) is 0 Å². The average Bonchev–Trinajstić information content (AvgIpc) is 3.49. The molecule has 0 saturated heterocycles. The Hall–Kier alpha value is -4.15. The smallest absolute Gasteiger partial charge is 0.121 e. The largest absolute Gasteiger partial charge is 0.501 e. The summed E-state index contributed by atoms with van der Waals surface area (Å²) in [6.45, 7) is 9.77. The van der Waals surface area contributed by atoms with Gasteiger partial charge in [-0.05, 0) is 58.0 Å². The number of benzene rings is 4. The first kappa shape index (κ1) is 28.8. The molecule has 0 N–H and O–H groups in total. The Morgan fingerprint density at radius 1 is 0.771 bits per heavy atom. The zero-order valence-corrected chi connectivity index (χ0v) is 31.5. The fourth-order valence-electron chi connectivity index (χ4n) is 5.39. The van der Waals surface area contributed by atoms with Gasteiger partial charge in [0.05, 0.1) is 13.7 Å². The summed E-state index contributed by atoms with van der Waals surface area (Å²) in [4.78, 5) is 8.96. The van der Waals surface area contributed by atoms with Crippen LogP contribution in [-0.4, -0.2) is 18.0 Å². The molecular weight excluding hydrogens is 781 g/mol. The van der Waals surface area contributed by atoms with Crippen molar-refractivity contribution in [3.8, 4) is 33.6 Å². The first-order valence-corrected chi connectivity index (χ1v) is 19.3. The number of aromatic nitrogens is 2. The van der Waals surface area contributed by atoms with Crippen molar-refractivity contribution < 1.29 is 31.4 Å². The van der Waals surface area contributed by atoms with Crippen LogP contribution in [0.15, 0.2) is 120 Å². The molecule has 48 heavy (non-hydrogen) atoms. The summed E-state index contributed by atoms with van der Waals surface area (Å²) >= 11 is 0. The molecule has 3 aromatic heterocycles. The van der Waals surface area contributed by atoms with E-state index in [-0.39, 0.29) is 31.2 Å². The third-order valence-corrected chi connectivity index (χ3v) is 9.85. The molecule has 0 atom stereocenters. The molecule has 0 unspecified atom stereocenters. The molecular formula is C43H42IrN2OSi-2. The number of hydrogen-bond donors (Lipinski definition) is 0. The number of fused-ring (bicyclic) bond motifs is 3. The maximum Gasteiger partial charge on any atom is 0.121 e. The van der Waals surface area contributed by atoms with Crippen molar-refractivity contribution in [3.05, 3.63) is 139 Å².